The molecule has 0 aliphatic carbocycles. The fraction of sp³-hybridized carbons (Fsp3) is 0.667. The molecule has 1 heterocycles. The number of rotatable bonds is 5. The summed E-state index contributed by atoms with van der Waals surface area (Å²) in [5, 5.41) is 6.80. The summed E-state index contributed by atoms with van der Waals surface area (Å²) in [6.45, 7) is 5.78. The third-order valence-corrected chi connectivity index (χ3v) is 4.95. The summed E-state index contributed by atoms with van der Waals surface area (Å²) in [7, 11) is -3.44. The first-order valence-electron chi connectivity index (χ1n) is 4.92. The highest BCUT2D eigenvalue weighted by Gasteiger charge is 2.22. The molecule has 0 amide bonds. The molecule has 1 rings (SSSR count). The molecule has 1 unspecified atom stereocenters. The summed E-state index contributed by atoms with van der Waals surface area (Å²) in [4.78, 5) is 0.265. The second-order valence-electron chi connectivity index (χ2n) is 3.66. The van der Waals surface area contributed by atoms with Gasteiger partial charge in [-0.3, -0.25) is 5.10 Å². The van der Waals surface area contributed by atoms with Crippen molar-refractivity contribution in [1.82, 2.24) is 14.9 Å². The average Bonchev–Trinajstić information content (AvgIpc) is 2.55. The lowest BCUT2D eigenvalue weighted by atomic mass is 10.4. The highest BCUT2D eigenvalue weighted by molar-refractivity contribution is 7.99. The maximum atomic E-state index is 12.0. The largest absolute Gasteiger partial charge is 0.281 e. The molecule has 16 heavy (non-hydrogen) atoms. The van der Waals surface area contributed by atoms with Crippen molar-refractivity contribution in [2.24, 2.45) is 0 Å². The van der Waals surface area contributed by atoms with Gasteiger partial charge < -0.3 is 0 Å². The van der Waals surface area contributed by atoms with Crippen molar-refractivity contribution in [1.29, 1.82) is 0 Å². The zero-order chi connectivity index (χ0) is 12.3. The number of hydrogen-bond donors (Lipinski definition) is 2. The minimum Gasteiger partial charge on any atom is -0.281 e. The number of sulfonamides is 1. The number of H-pyrrole nitrogens is 1. The molecule has 0 aliphatic rings. The first-order chi connectivity index (χ1) is 7.38. The zero-order valence-electron chi connectivity index (χ0n) is 9.86. The smallest absolute Gasteiger partial charge is 0.244 e. The van der Waals surface area contributed by atoms with E-state index in [1.165, 1.54) is 0 Å². The van der Waals surface area contributed by atoms with Gasteiger partial charge in [-0.2, -0.15) is 16.9 Å². The molecule has 0 radical (unpaired) electrons. The molecular weight excluding hydrogens is 246 g/mol. The van der Waals surface area contributed by atoms with Crippen molar-refractivity contribution in [2.45, 2.75) is 30.9 Å². The van der Waals surface area contributed by atoms with Gasteiger partial charge in [-0.15, -0.1) is 0 Å². The first kappa shape index (κ1) is 13.5. The van der Waals surface area contributed by atoms with Crippen LogP contribution in [0.4, 0.5) is 0 Å². The zero-order valence-corrected chi connectivity index (χ0v) is 11.5. The number of nitrogens with zero attached hydrogens (tertiary/aromatic N) is 1. The Balaban J connectivity index is 2.87. The quantitative estimate of drug-likeness (QED) is 0.833. The third kappa shape index (κ3) is 2.99. The Labute approximate surface area is 100 Å². The van der Waals surface area contributed by atoms with Crippen molar-refractivity contribution in [3.8, 4) is 0 Å². The fourth-order valence-electron chi connectivity index (χ4n) is 1.32. The Morgan fingerprint density at radius 3 is 2.56 bits per heavy atom. The molecule has 0 saturated heterocycles. The second-order valence-corrected chi connectivity index (χ2v) is 6.64. The average molecular weight is 263 g/mol. The molecule has 1 aromatic heterocycles. The molecule has 2 N–H and O–H groups in total. The Kier molecular flexibility index (Phi) is 4.40. The van der Waals surface area contributed by atoms with Crippen molar-refractivity contribution in [3.63, 3.8) is 0 Å². The lowest BCUT2D eigenvalue weighted by Crippen LogP contribution is -2.30. The van der Waals surface area contributed by atoms with Crippen LogP contribution >= 0.6 is 11.8 Å². The van der Waals surface area contributed by atoms with Crippen molar-refractivity contribution in [3.05, 3.63) is 11.4 Å². The van der Waals surface area contributed by atoms with E-state index in [9.17, 15) is 8.42 Å². The standard InChI is InChI=1S/C9H17N3O2S2/c1-6(15-4)5-10-16(13,14)9-7(2)11-12-8(9)3/h6,10H,5H2,1-4H3,(H,11,12). The van der Waals surface area contributed by atoms with Crippen LogP contribution in [0.15, 0.2) is 4.90 Å². The van der Waals surface area contributed by atoms with Crippen LogP contribution in [-0.2, 0) is 10.0 Å². The molecule has 1 aromatic rings. The van der Waals surface area contributed by atoms with Crippen molar-refractivity contribution >= 4 is 21.8 Å². The normalized spacial score (nSPS) is 14.0. The third-order valence-electron chi connectivity index (χ3n) is 2.29. The summed E-state index contributed by atoms with van der Waals surface area (Å²) in [6.07, 6.45) is 1.95. The number of hydrogen-bond acceptors (Lipinski definition) is 4. The molecule has 5 nitrogen and oxygen atoms in total. The molecule has 0 saturated carbocycles. The minimum atomic E-state index is -3.44. The van der Waals surface area contributed by atoms with Gasteiger partial charge in [0.2, 0.25) is 10.0 Å². The first-order valence-corrected chi connectivity index (χ1v) is 7.69. The van der Waals surface area contributed by atoms with Crippen molar-refractivity contribution in [2.75, 3.05) is 12.8 Å². The van der Waals surface area contributed by atoms with Crippen LogP contribution < -0.4 is 4.72 Å². The van der Waals surface area contributed by atoms with E-state index in [0.717, 1.165) is 0 Å². The summed E-state index contributed by atoms with van der Waals surface area (Å²) in [5.74, 6) is 0. The summed E-state index contributed by atoms with van der Waals surface area (Å²) < 4.78 is 26.5. The number of aromatic nitrogens is 2. The molecule has 0 fully saturated rings. The summed E-state index contributed by atoms with van der Waals surface area (Å²) in [6, 6.07) is 0. The van der Waals surface area contributed by atoms with Crippen LogP contribution in [0.5, 0.6) is 0 Å². The van der Waals surface area contributed by atoms with Gasteiger partial charge in [0.05, 0.1) is 11.4 Å². The topological polar surface area (TPSA) is 74.8 Å². The number of thioether (sulfide) groups is 1. The van der Waals surface area contributed by atoms with E-state index in [1.807, 2.05) is 13.2 Å². The van der Waals surface area contributed by atoms with Crippen LogP contribution in [-0.4, -0.2) is 36.7 Å². The van der Waals surface area contributed by atoms with Gasteiger partial charge >= 0.3 is 0 Å². The number of aryl methyl sites for hydroxylation is 2. The lowest BCUT2D eigenvalue weighted by molar-refractivity contribution is 0.580. The number of aromatic amines is 1. The Hall–Kier alpha value is -0.530. The van der Waals surface area contributed by atoms with E-state index in [2.05, 4.69) is 14.9 Å². The highest BCUT2D eigenvalue weighted by atomic mass is 32.2. The van der Waals surface area contributed by atoms with E-state index in [0.29, 0.717) is 17.9 Å². The van der Waals surface area contributed by atoms with Gasteiger partial charge in [-0.25, -0.2) is 13.1 Å². The van der Waals surface area contributed by atoms with Crippen LogP contribution in [0.2, 0.25) is 0 Å². The van der Waals surface area contributed by atoms with Gasteiger partial charge in [-0.05, 0) is 20.1 Å². The molecule has 1 atom stereocenters. The molecule has 0 aliphatic heterocycles. The Morgan fingerprint density at radius 1 is 1.50 bits per heavy atom. The van der Waals surface area contributed by atoms with Gasteiger partial charge in [0.25, 0.3) is 0 Å². The fourth-order valence-corrected chi connectivity index (χ4v) is 3.17. The van der Waals surface area contributed by atoms with E-state index in [1.54, 1.807) is 25.6 Å². The molecule has 7 heteroatoms. The van der Waals surface area contributed by atoms with E-state index >= 15 is 0 Å². The maximum absolute atomic E-state index is 12.0. The van der Waals surface area contributed by atoms with Crippen LogP contribution in [0.1, 0.15) is 18.3 Å². The van der Waals surface area contributed by atoms with Crippen LogP contribution in [0.3, 0.4) is 0 Å². The minimum absolute atomic E-state index is 0.252. The van der Waals surface area contributed by atoms with Gasteiger partial charge in [0.1, 0.15) is 4.90 Å². The maximum Gasteiger partial charge on any atom is 0.244 e. The monoisotopic (exact) mass is 263 g/mol. The molecule has 92 valence electrons. The number of nitrogens with one attached hydrogen (secondary N) is 2. The predicted octanol–water partition coefficient (Wildman–Crippen LogP) is 1.06. The predicted molar refractivity (Wildman–Crippen MR) is 66.2 cm³/mol. The van der Waals surface area contributed by atoms with Gasteiger partial charge in [0.15, 0.2) is 0 Å². The van der Waals surface area contributed by atoms with Crippen LogP contribution in [0.25, 0.3) is 0 Å². The SMILES string of the molecule is CSC(C)CNS(=O)(=O)c1c(C)n[nH]c1C. The van der Waals surface area contributed by atoms with Gasteiger partial charge in [-0.1, -0.05) is 6.92 Å². The Bertz CT molecular complexity index is 434. The van der Waals surface area contributed by atoms with E-state index < -0.39 is 10.0 Å². The molecule has 0 aromatic carbocycles. The summed E-state index contributed by atoms with van der Waals surface area (Å²) >= 11 is 1.62. The summed E-state index contributed by atoms with van der Waals surface area (Å²) in [5.41, 5.74) is 1.07. The second kappa shape index (κ2) is 5.20. The highest BCUT2D eigenvalue weighted by Crippen LogP contribution is 2.16. The lowest BCUT2D eigenvalue weighted by Gasteiger charge is -2.10. The Morgan fingerprint density at radius 2 is 2.12 bits per heavy atom. The van der Waals surface area contributed by atoms with Gasteiger partial charge in [0, 0.05) is 11.8 Å². The van der Waals surface area contributed by atoms with E-state index in [4.69, 9.17) is 0 Å². The molecular formula is C9H17N3O2S2. The van der Waals surface area contributed by atoms with Crippen LogP contribution in [0, 0.1) is 13.8 Å². The van der Waals surface area contributed by atoms with Crippen molar-refractivity contribution < 1.29 is 8.42 Å². The molecule has 0 spiro atoms. The van der Waals surface area contributed by atoms with E-state index in [-0.39, 0.29) is 10.1 Å². The molecule has 0 bridgehead atoms.